The third kappa shape index (κ3) is 2.88. The predicted molar refractivity (Wildman–Crippen MR) is 89.9 cm³/mol. The zero-order chi connectivity index (χ0) is 17.4. The van der Waals surface area contributed by atoms with Gasteiger partial charge in [0.05, 0.1) is 27.2 Å². The maximum absolute atomic E-state index is 12.7. The first kappa shape index (κ1) is 16.1. The van der Waals surface area contributed by atoms with Crippen LogP contribution in [-0.2, 0) is 0 Å². The van der Waals surface area contributed by atoms with Crippen LogP contribution in [0.3, 0.4) is 0 Å². The van der Waals surface area contributed by atoms with Crippen molar-refractivity contribution in [3.05, 3.63) is 40.0 Å². The first-order valence-electron chi connectivity index (χ1n) is 7.27. The lowest BCUT2D eigenvalue weighted by Crippen LogP contribution is -2.13. The van der Waals surface area contributed by atoms with Gasteiger partial charge in [-0.05, 0) is 25.0 Å². The van der Waals surface area contributed by atoms with Gasteiger partial charge in [0.1, 0.15) is 0 Å². The summed E-state index contributed by atoms with van der Waals surface area (Å²) in [5.41, 5.74) is 2.17. The van der Waals surface area contributed by atoms with Crippen molar-refractivity contribution in [2.75, 3.05) is 5.32 Å². The predicted octanol–water partition coefficient (Wildman–Crippen LogP) is 3.67. The van der Waals surface area contributed by atoms with E-state index in [-0.39, 0.29) is 17.4 Å². The van der Waals surface area contributed by atoms with Crippen molar-refractivity contribution in [1.29, 1.82) is 0 Å². The second kappa shape index (κ2) is 6.04. The fraction of sp³-hybridized carbons (Fsp3) is 0.250. The zero-order valence-electron chi connectivity index (χ0n) is 13.3. The summed E-state index contributed by atoms with van der Waals surface area (Å²) in [6.45, 7) is 5.68. The van der Waals surface area contributed by atoms with E-state index in [0.717, 1.165) is 17.0 Å². The van der Waals surface area contributed by atoms with Crippen molar-refractivity contribution < 1.29 is 19.2 Å². The Morgan fingerprint density at radius 1 is 1.33 bits per heavy atom. The van der Waals surface area contributed by atoms with Crippen molar-refractivity contribution in [3.8, 4) is 0 Å². The number of hydrogen-bond acceptors (Lipinski definition) is 6. The van der Waals surface area contributed by atoms with Gasteiger partial charge in [-0.1, -0.05) is 19.0 Å². The smallest absolute Gasteiger partial charge is 0.336 e. The lowest BCUT2D eigenvalue weighted by molar-refractivity contribution is 0.0697. The van der Waals surface area contributed by atoms with Gasteiger partial charge in [0.25, 0.3) is 11.6 Å². The summed E-state index contributed by atoms with van der Waals surface area (Å²) in [4.78, 5) is 28.0. The molecule has 0 unspecified atom stereocenters. The number of aromatic nitrogens is 2. The molecule has 3 aromatic heterocycles. The molecule has 8 heteroatoms. The van der Waals surface area contributed by atoms with Gasteiger partial charge >= 0.3 is 5.97 Å². The molecule has 0 aromatic carbocycles. The number of rotatable bonds is 4. The quantitative estimate of drug-likeness (QED) is 0.747. The Bertz CT molecular complexity index is 942. The number of carboxylic acid groups (broad SMARTS) is 1. The van der Waals surface area contributed by atoms with E-state index in [1.54, 1.807) is 13.0 Å². The molecule has 0 aliphatic heterocycles. The summed E-state index contributed by atoms with van der Waals surface area (Å²) >= 11 is 1.16. The molecular weight excluding hydrogens is 330 g/mol. The van der Waals surface area contributed by atoms with Crippen LogP contribution < -0.4 is 5.32 Å². The van der Waals surface area contributed by atoms with Crippen molar-refractivity contribution in [2.24, 2.45) is 0 Å². The number of thiophene rings is 1. The topological polar surface area (TPSA) is 105 Å². The Labute approximate surface area is 141 Å². The number of nitrogens with one attached hydrogen (secondary N) is 1. The number of carboxylic acids is 1. The molecule has 3 rings (SSSR count). The largest absolute Gasteiger partial charge is 0.478 e. The number of anilines is 1. The molecule has 0 aliphatic rings. The molecule has 0 bridgehead atoms. The number of aryl methyl sites for hydroxylation is 1. The van der Waals surface area contributed by atoms with Crippen LogP contribution in [0.2, 0.25) is 0 Å². The van der Waals surface area contributed by atoms with Crippen LogP contribution in [-0.4, -0.2) is 27.1 Å². The van der Waals surface area contributed by atoms with Crippen LogP contribution in [0, 0.1) is 6.92 Å². The van der Waals surface area contributed by atoms with Crippen LogP contribution in [0.1, 0.15) is 51.9 Å². The van der Waals surface area contributed by atoms with E-state index in [0.29, 0.717) is 27.4 Å². The highest BCUT2D eigenvalue weighted by Gasteiger charge is 2.20. The summed E-state index contributed by atoms with van der Waals surface area (Å²) in [7, 11) is 0. The average molecular weight is 345 g/mol. The zero-order valence-corrected chi connectivity index (χ0v) is 14.1. The van der Waals surface area contributed by atoms with Crippen LogP contribution in [0.5, 0.6) is 0 Å². The molecule has 7 nitrogen and oxygen atoms in total. The number of carbonyl (C=O) groups excluding carboxylic acids is 1. The van der Waals surface area contributed by atoms with Gasteiger partial charge in [-0.15, -0.1) is 11.3 Å². The fourth-order valence-electron chi connectivity index (χ4n) is 2.28. The minimum absolute atomic E-state index is 0.117. The molecule has 0 atom stereocenters. The van der Waals surface area contributed by atoms with E-state index in [9.17, 15) is 9.59 Å². The maximum Gasteiger partial charge on any atom is 0.336 e. The van der Waals surface area contributed by atoms with Gasteiger partial charge in [-0.2, -0.15) is 0 Å². The van der Waals surface area contributed by atoms with E-state index in [4.69, 9.17) is 9.63 Å². The first-order valence-corrected chi connectivity index (χ1v) is 8.15. The molecule has 0 radical (unpaired) electrons. The summed E-state index contributed by atoms with van der Waals surface area (Å²) in [5, 5.41) is 18.1. The second-order valence-electron chi connectivity index (χ2n) is 5.66. The molecule has 0 saturated heterocycles. The number of hydrogen-bond donors (Lipinski definition) is 2. The first-order chi connectivity index (χ1) is 11.4. The minimum Gasteiger partial charge on any atom is -0.478 e. The molecule has 3 aromatic rings. The standard InChI is InChI=1S/C16H15N3O4S/c1-7(2)11-5-10(13-8(3)19-23-15(13)17-11)14(20)18-12-4-9(6-24-12)16(21)22/h4-7H,1-3H3,(H,18,20)(H,21,22). The summed E-state index contributed by atoms with van der Waals surface area (Å²) < 4.78 is 5.20. The number of aromatic carboxylic acids is 1. The normalized spacial score (nSPS) is 11.2. The third-order valence-corrected chi connectivity index (χ3v) is 4.40. The third-order valence-electron chi connectivity index (χ3n) is 3.56. The van der Waals surface area contributed by atoms with E-state index >= 15 is 0 Å². The number of pyridine rings is 1. The molecule has 1 amide bonds. The second-order valence-corrected chi connectivity index (χ2v) is 6.57. The van der Waals surface area contributed by atoms with Gasteiger partial charge in [0, 0.05) is 11.1 Å². The van der Waals surface area contributed by atoms with Crippen LogP contribution >= 0.6 is 11.3 Å². The van der Waals surface area contributed by atoms with Crippen LogP contribution in [0.15, 0.2) is 22.0 Å². The van der Waals surface area contributed by atoms with E-state index in [2.05, 4.69) is 15.5 Å². The Kier molecular flexibility index (Phi) is 4.06. The van der Waals surface area contributed by atoms with Gasteiger partial charge in [0.2, 0.25) is 0 Å². The molecular formula is C16H15N3O4S. The van der Waals surface area contributed by atoms with Gasteiger partial charge in [-0.3, -0.25) is 4.79 Å². The van der Waals surface area contributed by atoms with E-state index in [1.165, 1.54) is 11.4 Å². The molecule has 3 heterocycles. The highest BCUT2D eigenvalue weighted by atomic mass is 32.1. The van der Waals surface area contributed by atoms with E-state index < -0.39 is 5.97 Å². The minimum atomic E-state index is -1.03. The van der Waals surface area contributed by atoms with Crippen LogP contribution in [0.4, 0.5) is 5.00 Å². The highest BCUT2D eigenvalue weighted by molar-refractivity contribution is 7.14. The molecule has 2 N–H and O–H groups in total. The van der Waals surface area contributed by atoms with Crippen molar-refractivity contribution in [1.82, 2.24) is 10.1 Å². The summed E-state index contributed by atoms with van der Waals surface area (Å²) in [6.07, 6.45) is 0. The molecule has 0 aliphatic carbocycles. The summed E-state index contributed by atoms with van der Waals surface area (Å²) in [5.74, 6) is -1.27. The monoisotopic (exact) mass is 345 g/mol. The number of nitrogens with zero attached hydrogens (tertiary/aromatic N) is 2. The number of amides is 1. The number of carbonyl (C=O) groups is 2. The lowest BCUT2D eigenvalue weighted by Gasteiger charge is -2.08. The Balaban J connectivity index is 2.01. The molecule has 0 spiro atoms. The van der Waals surface area contributed by atoms with Crippen molar-refractivity contribution in [2.45, 2.75) is 26.7 Å². The Hall–Kier alpha value is -2.74. The molecule has 0 saturated carbocycles. The molecule has 124 valence electrons. The fourth-order valence-corrected chi connectivity index (χ4v) is 3.05. The van der Waals surface area contributed by atoms with Gasteiger partial charge < -0.3 is 14.9 Å². The highest BCUT2D eigenvalue weighted by Crippen LogP contribution is 2.27. The van der Waals surface area contributed by atoms with Gasteiger partial charge in [-0.25, -0.2) is 9.78 Å². The Morgan fingerprint density at radius 3 is 2.71 bits per heavy atom. The Morgan fingerprint density at radius 2 is 2.08 bits per heavy atom. The molecule has 24 heavy (non-hydrogen) atoms. The molecule has 0 fully saturated rings. The number of fused-ring (bicyclic) bond motifs is 1. The van der Waals surface area contributed by atoms with E-state index in [1.807, 2.05) is 13.8 Å². The van der Waals surface area contributed by atoms with Crippen LogP contribution in [0.25, 0.3) is 11.1 Å². The maximum atomic E-state index is 12.7. The van der Waals surface area contributed by atoms with Crippen molar-refractivity contribution >= 4 is 39.3 Å². The van der Waals surface area contributed by atoms with Gasteiger partial charge in [0.15, 0.2) is 0 Å². The lowest BCUT2D eigenvalue weighted by atomic mass is 10.0. The average Bonchev–Trinajstić information content (AvgIpc) is 3.14. The summed E-state index contributed by atoms with van der Waals surface area (Å²) in [6, 6.07) is 3.14. The SMILES string of the molecule is Cc1noc2nc(C(C)C)cc(C(=O)Nc3cc(C(=O)O)cs3)c12. The van der Waals surface area contributed by atoms with Crippen molar-refractivity contribution in [3.63, 3.8) is 0 Å².